The number of amides is 1. The number of nitrogens with two attached hydrogens (primary N) is 1. The number of nitrogens with zero attached hydrogens (tertiary/aromatic N) is 2. The number of fused-ring (bicyclic) bond motifs is 1. The van der Waals surface area contributed by atoms with Gasteiger partial charge in [-0.25, -0.2) is 4.79 Å². The van der Waals surface area contributed by atoms with Crippen molar-refractivity contribution >= 4 is 40.7 Å². The highest BCUT2D eigenvalue weighted by Crippen LogP contribution is 2.34. The number of anilines is 3. The number of unbranched alkanes of at least 4 members (excludes halogenated alkanes) is 5. The number of amidine groups is 1. The van der Waals surface area contributed by atoms with Gasteiger partial charge in [0.05, 0.1) is 18.8 Å². The van der Waals surface area contributed by atoms with Crippen molar-refractivity contribution in [3.63, 3.8) is 0 Å². The summed E-state index contributed by atoms with van der Waals surface area (Å²) in [6.07, 6.45) is 8.87. The van der Waals surface area contributed by atoms with Crippen LogP contribution in [0, 0.1) is 5.41 Å². The fourth-order valence-corrected chi connectivity index (χ4v) is 5.97. The van der Waals surface area contributed by atoms with E-state index >= 15 is 0 Å². The van der Waals surface area contributed by atoms with Crippen LogP contribution in [0.1, 0.15) is 92.3 Å². The molecule has 0 fully saturated rings. The Morgan fingerprint density at radius 3 is 2.40 bits per heavy atom. The monoisotopic (exact) mass is 640 g/mol. The minimum absolute atomic E-state index is 0.0259. The Kier molecular flexibility index (Phi) is 13.4. The molecule has 3 aromatic rings. The summed E-state index contributed by atoms with van der Waals surface area (Å²) in [6.45, 7) is 5.34. The minimum Gasteiger partial charge on any atom is -0.465 e. The molecule has 1 aliphatic heterocycles. The maximum atomic E-state index is 13.6. The zero-order valence-electron chi connectivity index (χ0n) is 27.8. The summed E-state index contributed by atoms with van der Waals surface area (Å²) in [5.41, 5.74) is 11.1. The van der Waals surface area contributed by atoms with Crippen LogP contribution >= 0.6 is 0 Å². The number of ether oxygens (including phenoxy) is 2. The summed E-state index contributed by atoms with van der Waals surface area (Å²) < 4.78 is 10.7. The van der Waals surface area contributed by atoms with Gasteiger partial charge >= 0.3 is 11.9 Å². The molecule has 4 rings (SSSR count). The average molecular weight is 641 g/mol. The Hall–Kier alpha value is -4.66. The third-order valence-electron chi connectivity index (χ3n) is 8.43. The van der Waals surface area contributed by atoms with Crippen molar-refractivity contribution in [2.75, 3.05) is 36.1 Å². The molecule has 250 valence electrons. The van der Waals surface area contributed by atoms with E-state index in [1.807, 2.05) is 52.3 Å². The molecule has 3 aromatic carbocycles. The summed E-state index contributed by atoms with van der Waals surface area (Å²) >= 11 is 0. The van der Waals surface area contributed by atoms with E-state index in [1.165, 1.54) is 19.3 Å². The number of carbonyl (C=O) groups is 3. The summed E-state index contributed by atoms with van der Waals surface area (Å²) in [7, 11) is 0. The Morgan fingerprint density at radius 2 is 1.66 bits per heavy atom. The van der Waals surface area contributed by atoms with Crippen molar-refractivity contribution in [3.8, 4) is 0 Å². The van der Waals surface area contributed by atoms with E-state index in [2.05, 4.69) is 13.0 Å². The van der Waals surface area contributed by atoms with Gasteiger partial charge in [-0.1, -0.05) is 63.3 Å². The van der Waals surface area contributed by atoms with Gasteiger partial charge in [-0.2, -0.15) is 0 Å². The first-order chi connectivity index (χ1) is 22.8. The van der Waals surface area contributed by atoms with Crippen LogP contribution in [-0.4, -0.2) is 50.0 Å². The van der Waals surface area contributed by atoms with Crippen molar-refractivity contribution in [1.82, 2.24) is 0 Å². The zero-order chi connectivity index (χ0) is 33.6. The summed E-state index contributed by atoms with van der Waals surface area (Å²) in [5, 5.41) is 8.12. The van der Waals surface area contributed by atoms with Crippen LogP contribution in [0.15, 0.2) is 66.7 Å². The number of hydrogen-bond acceptors (Lipinski definition) is 7. The number of esters is 2. The van der Waals surface area contributed by atoms with E-state index in [0.717, 1.165) is 60.3 Å². The van der Waals surface area contributed by atoms with E-state index in [0.29, 0.717) is 37.3 Å². The molecule has 0 aliphatic carbocycles. The molecule has 9 nitrogen and oxygen atoms in total. The fourth-order valence-electron chi connectivity index (χ4n) is 5.97. The SMILES string of the molecule is CCCCCCCCOC(=O)c1ccc(CCC(=O)N2CCCc3cc(N(CC(=O)OCC)c4ccccc4)ccc32)c(C(=N)N)c1. The predicted molar refractivity (Wildman–Crippen MR) is 187 cm³/mol. The van der Waals surface area contributed by atoms with Gasteiger partial charge in [0.2, 0.25) is 5.91 Å². The third kappa shape index (κ3) is 9.91. The molecule has 0 saturated heterocycles. The van der Waals surface area contributed by atoms with Gasteiger partial charge < -0.3 is 25.0 Å². The van der Waals surface area contributed by atoms with Gasteiger partial charge in [0.15, 0.2) is 0 Å². The molecule has 9 heteroatoms. The number of nitrogens with one attached hydrogen (secondary N) is 1. The van der Waals surface area contributed by atoms with E-state index < -0.39 is 5.97 Å². The maximum absolute atomic E-state index is 13.6. The summed E-state index contributed by atoms with van der Waals surface area (Å²) in [4.78, 5) is 42.5. The number of para-hydroxylation sites is 1. The minimum atomic E-state index is -0.430. The first-order valence-corrected chi connectivity index (χ1v) is 16.9. The Morgan fingerprint density at radius 1 is 0.894 bits per heavy atom. The first-order valence-electron chi connectivity index (χ1n) is 16.9. The smallest absolute Gasteiger partial charge is 0.338 e. The van der Waals surface area contributed by atoms with Crippen molar-refractivity contribution in [1.29, 1.82) is 5.41 Å². The van der Waals surface area contributed by atoms with Gasteiger partial charge in [0.1, 0.15) is 12.4 Å². The molecule has 0 atom stereocenters. The lowest BCUT2D eigenvalue weighted by atomic mass is 9.97. The number of nitrogen functional groups attached to an aromatic ring is 1. The van der Waals surface area contributed by atoms with Crippen LogP contribution in [0.2, 0.25) is 0 Å². The molecule has 1 heterocycles. The summed E-state index contributed by atoms with van der Waals surface area (Å²) in [5.74, 6) is -0.920. The molecule has 0 bridgehead atoms. The lowest BCUT2D eigenvalue weighted by molar-refractivity contribution is -0.141. The van der Waals surface area contributed by atoms with Gasteiger partial charge in [-0.05, 0) is 86.2 Å². The van der Waals surface area contributed by atoms with Gasteiger partial charge in [-0.15, -0.1) is 0 Å². The van der Waals surface area contributed by atoms with Crippen molar-refractivity contribution in [2.45, 2.75) is 78.1 Å². The standard InChI is InChI=1S/C38H48N4O5/c1-3-5-6-7-8-12-24-47-38(45)30-18-17-28(33(26-30)37(39)40)19-22-35(43)41-23-13-14-29-25-32(20-21-34(29)41)42(27-36(44)46-4-2)31-15-10-9-11-16-31/h9-11,15-18,20-21,25-26H,3-8,12-14,19,22-24,27H2,1-2H3,(H3,39,40). The Balaban J connectivity index is 1.41. The molecule has 0 aromatic heterocycles. The molecule has 0 spiro atoms. The highest BCUT2D eigenvalue weighted by molar-refractivity contribution is 6.00. The second kappa shape index (κ2) is 17.9. The second-order valence-corrected chi connectivity index (χ2v) is 11.9. The van der Waals surface area contributed by atoms with Crippen LogP contribution in [0.25, 0.3) is 0 Å². The Bertz CT molecular complexity index is 1520. The van der Waals surface area contributed by atoms with Gasteiger partial charge in [-0.3, -0.25) is 15.0 Å². The van der Waals surface area contributed by atoms with Crippen molar-refractivity contribution in [2.24, 2.45) is 5.73 Å². The van der Waals surface area contributed by atoms with Crippen LogP contribution in [0.4, 0.5) is 17.1 Å². The van der Waals surface area contributed by atoms with Gasteiger partial charge in [0.25, 0.3) is 0 Å². The number of benzene rings is 3. The van der Waals surface area contributed by atoms with E-state index in [4.69, 9.17) is 20.6 Å². The Labute approximate surface area is 278 Å². The van der Waals surface area contributed by atoms with Crippen LogP contribution < -0.4 is 15.5 Å². The van der Waals surface area contributed by atoms with E-state index in [1.54, 1.807) is 25.1 Å². The molecule has 0 radical (unpaired) electrons. The number of carbonyl (C=O) groups excluding carboxylic acids is 3. The molecule has 1 aliphatic rings. The molecule has 0 saturated carbocycles. The second-order valence-electron chi connectivity index (χ2n) is 11.9. The largest absolute Gasteiger partial charge is 0.465 e. The molecular weight excluding hydrogens is 592 g/mol. The number of rotatable bonds is 17. The molecule has 47 heavy (non-hydrogen) atoms. The summed E-state index contributed by atoms with van der Waals surface area (Å²) in [6, 6.07) is 20.7. The van der Waals surface area contributed by atoms with Crippen LogP contribution in [0.5, 0.6) is 0 Å². The average Bonchev–Trinajstić information content (AvgIpc) is 3.09. The number of aryl methyl sites for hydroxylation is 2. The molecule has 3 N–H and O–H groups in total. The maximum Gasteiger partial charge on any atom is 0.338 e. The first kappa shape index (κ1) is 35.2. The zero-order valence-corrected chi connectivity index (χ0v) is 27.8. The quantitative estimate of drug-likeness (QED) is 0.0698. The number of hydrogen-bond donors (Lipinski definition) is 2. The molecule has 1 amide bonds. The van der Waals surface area contributed by atoms with E-state index in [-0.39, 0.29) is 30.7 Å². The molecular formula is C38H48N4O5. The normalized spacial score (nSPS) is 12.3. The molecule has 0 unspecified atom stereocenters. The topological polar surface area (TPSA) is 126 Å². The van der Waals surface area contributed by atoms with Crippen molar-refractivity contribution in [3.05, 3.63) is 89.0 Å². The van der Waals surface area contributed by atoms with Crippen LogP contribution in [-0.2, 0) is 31.9 Å². The highest BCUT2D eigenvalue weighted by atomic mass is 16.5. The van der Waals surface area contributed by atoms with Crippen molar-refractivity contribution < 1.29 is 23.9 Å². The lowest BCUT2D eigenvalue weighted by Gasteiger charge is -2.32. The highest BCUT2D eigenvalue weighted by Gasteiger charge is 2.25. The third-order valence-corrected chi connectivity index (χ3v) is 8.43. The van der Waals surface area contributed by atoms with E-state index in [9.17, 15) is 14.4 Å². The predicted octanol–water partition coefficient (Wildman–Crippen LogP) is 7.10. The fraction of sp³-hybridized carbons (Fsp3) is 0.421. The lowest BCUT2D eigenvalue weighted by Crippen LogP contribution is -2.36. The van der Waals surface area contributed by atoms with Gasteiger partial charge in [0, 0.05) is 35.6 Å². The van der Waals surface area contributed by atoms with Crippen LogP contribution in [0.3, 0.4) is 0 Å².